The molecule has 1 amide bonds. The van der Waals surface area contributed by atoms with Crippen LogP contribution in [0.15, 0.2) is 0 Å². The molecule has 1 spiro atoms. The molecule has 0 unspecified atom stereocenters. The van der Waals surface area contributed by atoms with Gasteiger partial charge in [0.05, 0.1) is 17.9 Å². The molecule has 7 heteroatoms. The van der Waals surface area contributed by atoms with Crippen LogP contribution in [0.2, 0.25) is 0 Å². The first kappa shape index (κ1) is 12.5. The first-order chi connectivity index (χ1) is 7.82. The van der Waals surface area contributed by atoms with Crippen molar-refractivity contribution in [3.05, 3.63) is 0 Å². The molecular formula is C10H15NO5S. The first-order valence-corrected chi connectivity index (χ1v) is 7.33. The van der Waals surface area contributed by atoms with Crippen molar-refractivity contribution in [3.63, 3.8) is 0 Å². The lowest BCUT2D eigenvalue weighted by atomic mass is 9.93. The molecule has 0 saturated carbocycles. The number of hydrogen-bond acceptors (Lipinski definition) is 5. The van der Waals surface area contributed by atoms with E-state index in [4.69, 9.17) is 4.84 Å². The summed E-state index contributed by atoms with van der Waals surface area (Å²) < 4.78 is 22.6. The number of carbonyl (C=O) groups is 2. The van der Waals surface area contributed by atoms with Gasteiger partial charge >= 0.3 is 0 Å². The van der Waals surface area contributed by atoms with Gasteiger partial charge in [0.1, 0.15) is 12.1 Å². The van der Waals surface area contributed by atoms with Crippen molar-refractivity contribution in [3.8, 4) is 0 Å². The maximum Gasteiger partial charge on any atom is 0.249 e. The molecule has 2 saturated heterocycles. The fourth-order valence-corrected chi connectivity index (χ4v) is 3.75. The van der Waals surface area contributed by atoms with Crippen molar-refractivity contribution in [1.82, 2.24) is 5.06 Å². The number of ketones is 1. The Labute approximate surface area is 99.8 Å². The van der Waals surface area contributed by atoms with Crippen LogP contribution in [0.3, 0.4) is 0 Å². The molecule has 6 nitrogen and oxygen atoms in total. The number of hydroxylamine groups is 2. The molecule has 0 atom stereocenters. The third-order valence-electron chi connectivity index (χ3n) is 3.16. The Kier molecular flexibility index (Phi) is 2.99. The number of amides is 1. The van der Waals surface area contributed by atoms with Gasteiger partial charge in [0, 0.05) is 0 Å². The summed E-state index contributed by atoms with van der Waals surface area (Å²) in [4.78, 5) is 28.1. The minimum atomic E-state index is -2.98. The molecular weight excluding hydrogens is 246 g/mol. The minimum Gasteiger partial charge on any atom is -0.298 e. The second kappa shape index (κ2) is 4.06. The molecule has 0 aromatic carbocycles. The van der Waals surface area contributed by atoms with Gasteiger partial charge in [0.15, 0.2) is 15.6 Å². The summed E-state index contributed by atoms with van der Waals surface area (Å²) in [5.41, 5.74) is -0.697. The SMILES string of the molecule is CC(=O)CN1OC2(CCS(=O)(=O)CC2)CC1=O. The van der Waals surface area contributed by atoms with Crippen molar-refractivity contribution in [2.45, 2.75) is 31.8 Å². The number of Topliss-reactive ketones (excluding diaryl/α,β-unsaturated/α-hetero) is 1. The topological polar surface area (TPSA) is 80.8 Å². The quantitative estimate of drug-likeness (QED) is 0.681. The monoisotopic (exact) mass is 261 g/mol. The summed E-state index contributed by atoms with van der Waals surface area (Å²) in [6.45, 7) is 1.32. The Balaban J connectivity index is 2.06. The summed E-state index contributed by atoms with van der Waals surface area (Å²) in [6.07, 6.45) is 0.834. The lowest BCUT2D eigenvalue weighted by Gasteiger charge is -2.31. The highest BCUT2D eigenvalue weighted by Crippen LogP contribution is 2.37. The van der Waals surface area contributed by atoms with E-state index in [0.717, 1.165) is 5.06 Å². The van der Waals surface area contributed by atoms with Gasteiger partial charge in [0.2, 0.25) is 5.91 Å². The van der Waals surface area contributed by atoms with Gasteiger partial charge in [-0.2, -0.15) is 0 Å². The van der Waals surface area contributed by atoms with Crippen molar-refractivity contribution < 1.29 is 22.8 Å². The normalized spacial score (nSPS) is 26.4. The van der Waals surface area contributed by atoms with Gasteiger partial charge in [-0.25, -0.2) is 13.5 Å². The molecule has 2 fully saturated rings. The maximum atomic E-state index is 11.6. The van der Waals surface area contributed by atoms with Gasteiger partial charge in [0.25, 0.3) is 0 Å². The Morgan fingerprint density at radius 3 is 2.53 bits per heavy atom. The summed E-state index contributed by atoms with van der Waals surface area (Å²) in [5, 5.41) is 1.07. The Morgan fingerprint density at radius 2 is 2.00 bits per heavy atom. The van der Waals surface area contributed by atoms with E-state index in [0.29, 0.717) is 12.8 Å². The standard InChI is InChI=1S/C10H15NO5S/c1-8(12)7-11-9(13)6-10(16-11)2-4-17(14,15)5-3-10/h2-7H2,1H3. The lowest BCUT2D eigenvalue weighted by Crippen LogP contribution is -2.40. The Morgan fingerprint density at radius 1 is 1.41 bits per heavy atom. The van der Waals surface area contributed by atoms with Gasteiger partial charge in [-0.05, 0) is 19.8 Å². The van der Waals surface area contributed by atoms with E-state index in [9.17, 15) is 18.0 Å². The van der Waals surface area contributed by atoms with Crippen molar-refractivity contribution in [1.29, 1.82) is 0 Å². The Hall–Kier alpha value is -0.950. The summed E-state index contributed by atoms with van der Waals surface area (Å²) in [5.74, 6) is -0.291. The molecule has 2 heterocycles. The largest absolute Gasteiger partial charge is 0.298 e. The van der Waals surface area contributed by atoms with E-state index >= 15 is 0 Å². The fourth-order valence-electron chi connectivity index (χ4n) is 2.18. The molecule has 0 aromatic rings. The van der Waals surface area contributed by atoms with Crippen LogP contribution in [0.25, 0.3) is 0 Å². The highest BCUT2D eigenvalue weighted by Gasteiger charge is 2.48. The average Bonchev–Trinajstić information content (AvgIpc) is 2.49. The third-order valence-corrected chi connectivity index (χ3v) is 4.81. The molecule has 0 N–H and O–H groups in total. The number of rotatable bonds is 2. The van der Waals surface area contributed by atoms with Gasteiger partial charge in [-0.1, -0.05) is 0 Å². The summed E-state index contributed by atoms with van der Waals surface area (Å²) in [7, 11) is -2.98. The summed E-state index contributed by atoms with van der Waals surface area (Å²) in [6, 6.07) is 0. The molecule has 0 radical (unpaired) electrons. The van der Waals surface area contributed by atoms with Crippen LogP contribution in [0.5, 0.6) is 0 Å². The smallest absolute Gasteiger partial charge is 0.249 e. The highest BCUT2D eigenvalue weighted by molar-refractivity contribution is 7.91. The molecule has 0 bridgehead atoms. The van der Waals surface area contributed by atoms with Crippen LogP contribution < -0.4 is 0 Å². The van der Waals surface area contributed by atoms with Crippen LogP contribution in [0.1, 0.15) is 26.2 Å². The molecule has 2 rings (SSSR count). The first-order valence-electron chi connectivity index (χ1n) is 5.51. The predicted molar refractivity (Wildman–Crippen MR) is 58.7 cm³/mol. The van der Waals surface area contributed by atoms with Crippen LogP contribution in [0, 0.1) is 0 Å². The van der Waals surface area contributed by atoms with Crippen LogP contribution in [-0.4, -0.2) is 48.8 Å². The predicted octanol–water partition coefficient (Wildman–Crippen LogP) is -0.313. The van der Waals surface area contributed by atoms with Crippen LogP contribution in [-0.2, 0) is 24.3 Å². The number of carbonyl (C=O) groups excluding carboxylic acids is 2. The van der Waals surface area contributed by atoms with E-state index in [1.165, 1.54) is 6.92 Å². The fraction of sp³-hybridized carbons (Fsp3) is 0.800. The zero-order chi connectivity index (χ0) is 12.7. The van der Waals surface area contributed by atoms with E-state index in [1.807, 2.05) is 0 Å². The minimum absolute atomic E-state index is 0.0498. The Bertz CT molecular complexity index is 441. The molecule has 2 aliphatic heterocycles. The van der Waals surface area contributed by atoms with E-state index in [2.05, 4.69) is 0 Å². The molecule has 0 aromatic heterocycles. The van der Waals surface area contributed by atoms with Gasteiger partial charge < -0.3 is 0 Å². The third kappa shape index (κ3) is 2.66. The van der Waals surface area contributed by atoms with Gasteiger partial charge in [-0.3, -0.25) is 14.4 Å². The number of hydrogen-bond donors (Lipinski definition) is 0. The van der Waals surface area contributed by atoms with Crippen LogP contribution in [0.4, 0.5) is 0 Å². The maximum absolute atomic E-state index is 11.6. The zero-order valence-corrected chi connectivity index (χ0v) is 10.5. The average molecular weight is 261 g/mol. The molecule has 17 heavy (non-hydrogen) atoms. The highest BCUT2D eigenvalue weighted by atomic mass is 32.2. The second-order valence-electron chi connectivity index (χ2n) is 4.74. The summed E-state index contributed by atoms with van der Waals surface area (Å²) >= 11 is 0. The van der Waals surface area contributed by atoms with E-state index in [-0.39, 0.29) is 36.2 Å². The van der Waals surface area contributed by atoms with Crippen molar-refractivity contribution in [2.24, 2.45) is 0 Å². The van der Waals surface area contributed by atoms with E-state index in [1.54, 1.807) is 0 Å². The van der Waals surface area contributed by atoms with Crippen molar-refractivity contribution >= 4 is 21.5 Å². The molecule has 0 aliphatic carbocycles. The van der Waals surface area contributed by atoms with Crippen LogP contribution >= 0.6 is 0 Å². The van der Waals surface area contributed by atoms with Gasteiger partial charge in [-0.15, -0.1) is 0 Å². The number of nitrogens with zero attached hydrogens (tertiary/aromatic N) is 1. The lowest BCUT2D eigenvalue weighted by molar-refractivity contribution is -0.201. The molecule has 2 aliphatic rings. The van der Waals surface area contributed by atoms with Crippen molar-refractivity contribution in [2.75, 3.05) is 18.1 Å². The second-order valence-corrected chi connectivity index (χ2v) is 7.04. The number of sulfone groups is 1. The molecule has 96 valence electrons. The zero-order valence-electron chi connectivity index (χ0n) is 9.64. The van der Waals surface area contributed by atoms with E-state index < -0.39 is 15.4 Å².